The van der Waals surface area contributed by atoms with Crippen LogP contribution in [0.25, 0.3) is 0 Å². The van der Waals surface area contributed by atoms with Gasteiger partial charge in [0.1, 0.15) is 5.75 Å². The monoisotopic (exact) mass is 366 g/mol. The minimum absolute atomic E-state index is 0.216. The summed E-state index contributed by atoms with van der Waals surface area (Å²) in [6.07, 6.45) is 0. The Morgan fingerprint density at radius 2 is 1.88 bits per heavy atom. The van der Waals surface area contributed by atoms with Crippen LogP contribution in [0.4, 0.5) is 0 Å². The molecule has 0 atom stereocenters. The highest BCUT2D eigenvalue weighted by Gasteiger charge is 2.14. The average Bonchev–Trinajstić information content (AvgIpc) is 2.55. The Balaban J connectivity index is 1.98. The van der Waals surface area contributed by atoms with E-state index in [1.165, 1.54) is 4.90 Å². The van der Waals surface area contributed by atoms with Gasteiger partial charge >= 0.3 is 0 Å². The summed E-state index contributed by atoms with van der Waals surface area (Å²) in [5, 5.41) is 1.02. The van der Waals surface area contributed by atoms with Gasteiger partial charge < -0.3 is 15.4 Å². The van der Waals surface area contributed by atoms with Gasteiger partial charge in [-0.2, -0.15) is 0 Å². The maximum absolute atomic E-state index is 12.2. The minimum Gasteiger partial charge on any atom is -0.483 e. The lowest BCUT2D eigenvalue weighted by Gasteiger charge is -2.19. The largest absolute Gasteiger partial charge is 0.483 e. The zero-order valence-electron chi connectivity index (χ0n) is 13.0. The smallest absolute Gasteiger partial charge is 0.260 e. The Morgan fingerprint density at radius 1 is 1.17 bits per heavy atom. The molecule has 0 bridgehead atoms. The van der Waals surface area contributed by atoms with Crippen LogP contribution in [-0.4, -0.2) is 30.4 Å². The molecule has 2 aromatic carbocycles. The third-order valence-corrected chi connectivity index (χ3v) is 3.94. The molecule has 0 saturated heterocycles. The van der Waals surface area contributed by atoms with E-state index in [9.17, 15) is 9.59 Å². The molecule has 0 aliphatic heterocycles. The molecule has 2 amide bonds. The Morgan fingerprint density at radius 3 is 2.54 bits per heavy atom. The SMILES string of the molecule is CN(Cc1ccc(Cl)cc1Cl)C(=O)COc1ccccc1C(N)=O. The first kappa shape index (κ1) is 18.1. The summed E-state index contributed by atoms with van der Waals surface area (Å²) in [5.41, 5.74) is 6.27. The Bertz CT molecular complexity index is 765. The number of carbonyl (C=O) groups excluding carboxylic acids is 2. The quantitative estimate of drug-likeness (QED) is 0.853. The molecule has 0 spiro atoms. The topological polar surface area (TPSA) is 72.6 Å². The first-order valence-corrected chi connectivity index (χ1v) is 7.83. The number of nitrogens with zero attached hydrogens (tertiary/aromatic N) is 1. The average molecular weight is 367 g/mol. The predicted octanol–water partition coefficient (Wildman–Crippen LogP) is 3.13. The molecular weight excluding hydrogens is 351 g/mol. The summed E-state index contributed by atoms with van der Waals surface area (Å²) in [7, 11) is 1.64. The summed E-state index contributed by atoms with van der Waals surface area (Å²) in [5.74, 6) is -0.601. The molecule has 0 aliphatic rings. The maximum Gasteiger partial charge on any atom is 0.260 e. The number of para-hydroxylation sites is 1. The Labute approximate surface area is 149 Å². The van der Waals surface area contributed by atoms with Gasteiger partial charge in [0.2, 0.25) is 0 Å². The normalized spacial score (nSPS) is 10.3. The fourth-order valence-electron chi connectivity index (χ4n) is 2.04. The standard InChI is InChI=1S/C17H16Cl2N2O3/c1-21(9-11-6-7-12(18)8-14(11)19)16(22)10-24-15-5-3-2-4-13(15)17(20)23/h2-8H,9-10H2,1H3,(H2,20,23). The number of primary amides is 1. The van der Waals surface area contributed by atoms with E-state index in [-0.39, 0.29) is 23.8 Å². The van der Waals surface area contributed by atoms with Gasteiger partial charge in [-0.3, -0.25) is 9.59 Å². The van der Waals surface area contributed by atoms with Crippen molar-refractivity contribution in [3.63, 3.8) is 0 Å². The summed E-state index contributed by atoms with van der Waals surface area (Å²) in [4.78, 5) is 25.0. The molecular formula is C17H16Cl2N2O3. The van der Waals surface area contributed by atoms with Crippen molar-refractivity contribution >= 4 is 35.0 Å². The van der Waals surface area contributed by atoms with Gasteiger partial charge in [-0.1, -0.05) is 41.4 Å². The van der Waals surface area contributed by atoms with Gasteiger partial charge in [-0.25, -0.2) is 0 Å². The maximum atomic E-state index is 12.2. The molecule has 0 unspecified atom stereocenters. The highest BCUT2D eigenvalue weighted by atomic mass is 35.5. The van der Waals surface area contributed by atoms with Gasteiger partial charge in [-0.15, -0.1) is 0 Å². The third-order valence-electron chi connectivity index (χ3n) is 3.35. The van der Waals surface area contributed by atoms with Crippen LogP contribution in [0.3, 0.4) is 0 Å². The molecule has 0 fully saturated rings. The zero-order chi connectivity index (χ0) is 17.7. The molecule has 24 heavy (non-hydrogen) atoms. The Kier molecular flexibility index (Phi) is 6.06. The lowest BCUT2D eigenvalue weighted by molar-refractivity contribution is -0.132. The van der Waals surface area contributed by atoms with Crippen molar-refractivity contribution in [2.45, 2.75) is 6.54 Å². The minimum atomic E-state index is -0.612. The van der Waals surface area contributed by atoms with Crippen LogP contribution >= 0.6 is 23.2 Å². The zero-order valence-corrected chi connectivity index (χ0v) is 14.5. The fourth-order valence-corrected chi connectivity index (χ4v) is 2.51. The molecule has 0 saturated carbocycles. The van der Waals surface area contributed by atoms with Gasteiger partial charge in [-0.05, 0) is 29.8 Å². The second-order valence-electron chi connectivity index (χ2n) is 5.13. The summed E-state index contributed by atoms with van der Waals surface area (Å²) >= 11 is 12.0. The van der Waals surface area contributed by atoms with Crippen molar-refractivity contribution in [2.24, 2.45) is 5.73 Å². The summed E-state index contributed by atoms with van der Waals surface area (Å²) < 4.78 is 5.42. The van der Waals surface area contributed by atoms with Crippen molar-refractivity contribution in [3.8, 4) is 5.75 Å². The van der Waals surface area contributed by atoms with E-state index < -0.39 is 5.91 Å². The number of rotatable bonds is 6. The van der Waals surface area contributed by atoms with Crippen molar-refractivity contribution in [3.05, 3.63) is 63.6 Å². The van der Waals surface area contributed by atoms with Crippen LogP contribution in [-0.2, 0) is 11.3 Å². The van der Waals surface area contributed by atoms with Crippen molar-refractivity contribution in [1.82, 2.24) is 4.90 Å². The fraction of sp³-hybridized carbons (Fsp3) is 0.176. The molecule has 0 radical (unpaired) electrons. The predicted molar refractivity (Wildman–Crippen MR) is 93.4 cm³/mol. The van der Waals surface area contributed by atoms with Crippen LogP contribution in [0.2, 0.25) is 10.0 Å². The summed E-state index contributed by atoms with van der Waals surface area (Å²) in [6, 6.07) is 11.6. The van der Waals surface area contributed by atoms with E-state index in [0.717, 1.165) is 5.56 Å². The molecule has 5 nitrogen and oxygen atoms in total. The number of ether oxygens (including phenoxy) is 1. The third kappa shape index (κ3) is 4.63. The van der Waals surface area contributed by atoms with Gasteiger partial charge in [0, 0.05) is 23.6 Å². The second-order valence-corrected chi connectivity index (χ2v) is 5.98. The van der Waals surface area contributed by atoms with Crippen LogP contribution < -0.4 is 10.5 Å². The Hall–Kier alpha value is -2.24. The molecule has 7 heteroatoms. The molecule has 2 N–H and O–H groups in total. The van der Waals surface area contributed by atoms with Crippen molar-refractivity contribution in [2.75, 3.05) is 13.7 Å². The molecule has 0 aliphatic carbocycles. The van der Waals surface area contributed by atoms with E-state index in [1.54, 1.807) is 49.5 Å². The van der Waals surface area contributed by atoms with E-state index >= 15 is 0 Å². The number of nitrogens with two attached hydrogens (primary N) is 1. The number of likely N-dealkylation sites (N-methyl/N-ethyl adjacent to an activating group) is 1. The molecule has 126 valence electrons. The van der Waals surface area contributed by atoms with Crippen LogP contribution in [0.5, 0.6) is 5.75 Å². The van der Waals surface area contributed by atoms with Crippen molar-refractivity contribution < 1.29 is 14.3 Å². The first-order valence-electron chi connectivity index (χ1n) is 7.08. The van der Waals surface area contributed by atoms with E-state index in [4.69, 9.17) is 33.7 Å². The molecule has 2 aromatic rings. The second kappa shape index (κ2) is 8.04. The number of amides is 2. The van der Waals surface area contributed by atoms with E-state index in [0.29, 0.717) is 16.6 Å². The first-order chi connectivity index (χ1) is 11.4. The summed E-state index contributed by atoms with van der Waals surface area (Å²) in [6.45, 7) is 0.0989. The lowest BCUT2D eigenvalue weighted by atomic mass is 10.2. The number of hydrogen-bond acceptors (Lipinski definition) is 3. The number of halogens is 2. The highest BCUT2D eigenvalue weighted by molar-refractivity contribution is 6.35. The van der Waals surface area contributed by atoms with Crippen LogP contribution in [0, 0.1) is 0 Å². The number of hydrogen-bond donors (Lipinski definition) is 1. The van der Waals surface area contributed by atoms with E-state index in [2.05, 4.69) is 0 Å². The molecule has 0 aromatic heterocycles. The number of benzene rings is 2. The van der Waals surface area contributed by atoms with Gasteiger partial charge in [0.15, 0.2) is 6.61 Å². The molecule has 0 heterocycles. The van der Waals surface area contributed by atoms with E-state index in [1.807, 2.05) is 0 Å². The van der Waals surface area contributed by atoms with Gasteiger partial charge in [0.05, 0.1) is 5.56 Å². The lowest BCUT2D eigenvalue weighted by Crippen LogP contribution is -2.31. The molecule has 2 rings (SSSR count). The van der Waals surface area contributed by atoms with Crippen LogP contribution in [0.1, 0.15) is 15.9 Å². The number of carbonyl (C=O) groups is 2. The van der Waals surface area contributed by atoms with Crippen LogP contribution in [0.15, 0.2) is 42.5 Å². The van der Waals surface area contributed by atoms with Gasteiger partial charge in [0.25, 0.3) is 11.8 Å². The highest BCUT2D eigenvalue weighted by Crippen LogP contribution is 2.22. The van der Waals surface area contributed by atoms with Crippen molar-refractivity contribution in [1.29, 1.82) is 0 Å².